The van der Waals surface area contributed by atoms with Gasteiger partial charge in [0.25, 0.3) is 5.91 Å². The van der Waals surface area contributed by atoms with Crippen molar-refractivity contribution < 1.29 is 32.3 Å². The minimum Gasteiger partial charge on any atom is -0.495 e. The monoisotopic (exact) mass is 502 g/mol. The lowest BCUT2D eigenvalue weighted by molar-refractivity contribution is -0.137. The van der Waals surface area contributed by atoms with E-state index in [9.17, 15) is 22.8 Å². The lowest BCUT2D eigenvalue weighted by Crippen LogP contribution is -2.21. The Hall–Kier alpha value is -4.65. The number of alkyl halides is 3. The summed E-state index contributed by atoms with van der Waals surface area (Å²) in [6, 6.07) is 10.5. The van der Waals surface area contributed by atoms with E-state index in [1.807, 2.05) is 0 Å². The van der Waals surface area contributed by atoms with Gasteiger partial charge < -0.3 is 20.7 Å². The molecule has 10 nitrogen and oxygen atoms in total. The average Bonchev–Trinajstić information content (AvgIpc) is 2.84. The Morgan fingerprint density at radius 3 is 2.39 bits per heavy atom. The van der Waals surface area contributed by atoms with Crippen molar-refractivity contribution in [3.05, 3.63) is 72.4 Å². The van der Waals surface area contributed by atoms with Crippen molar-refractivity contribution in [1.29, 1.82) is 0 Å². The number of hydroxylamine groups is 1. The number of benzene rings is 2. The Kier molecular flexibility index (Phi) is 8.07. The Bertz CT molecular complexity index is 1280. The van der Waals surface area contributed by atoms with E-state index in [1.165, 1.54) is 44.6 Å². The Balaban J connectivity index is 2.01. The van der Waals surface area contributed by atoms with Gasteiger partial charge in [0.05, 0.1) is 31.3 Å². The van der Waals surface area contributed by atoms with Crippen LogP contribution in [-0.2, 0) is 15.8 Å². The first-order valence-electron chi connectivity index (χ1n) is 10.2. The van der Waals surface area contributed by atoms with Crippen LogP contribution in [0.1, 0.15) is 15.9 Å². The maximum Gasteiger partial charge on any atom is 0.421 e. The highest BCUT2D eigenvalue weighted by Crippen LogP contribution is 2.37. The normalized spacial score (nSPS) is 10.8. The second kappa shape index (κ2) is 11.2. The number of methoxy groups -OCH3 is 1. The van der Waals surface area contributed by atoms with Crippen molar-refractivity contribution >= 4 is 40.6 Å². The summed E-state index contributed by atoms with van der Waals surface area (Å²) in [6.07, 6.45) is -3.15. The quantitative estimate of drug-likeness (QED) is 0.251. The lowest BCUT2D eigenvalue weighted by Gasteiger charge is -2.17. The van der Waals surface area contributed by atoms with Crippen LogP contribution in [0.15, 0.2) is 61.3 Å². The molecule has 0 atom stereocenters. The van der Waals surface area contributed by atoms with Gasteiger partial charge in [-0.15, -0.1) is 0 Å². The minimum absolute atomic E-state index is 0.152. The molecule has 0 spiro atoms. The van der Waals surface area contributed by atoms with Crippen LogP contribution in [0.2, 0.25) is 0 Å². The zero-order valence-electron chi connectivity index (χ0n) is 19.1. The average molecular weight is 502 g/mol. The second-order valence-electron chi connectivity index (χ2n) is 6.99. The highest BCUT2D eigenvalue weighted by Gasteiger charge is 2.35. The third kappa shape index (κ3) is 6.27. The summed E-state index contributed by atoms with van der Waals surface area (Å²) in [5.74, 6) is -1.63. The molecule has 0 aliphatic rings. The third-order valence-corrected chi connectivity index (χ3v) is 4.62. The van der Waals surface area contributed by atoms with Crippen LogP contribution in [-0.4, -0.2) is 36.0 Å². The van der Waals surface area contributed by atoms with Gasteiger partial charge in [-0.2, -0.15) is 18.2 Å². The van der Waals surface area contributed by atoms with E-state index in [1.54, 1.807) is 12.1 Å². The zero-order chi connectivity index (χ0) is 26.3. The molecule has 0 fully saturated rings. The highest BCUT2D eigenvalue weighted by molar-refractivity contribution is 6.01. The molecule has 188 valence electrons. The molecular formula is C23H21F3N6O4. The number of hydrogen-bond donors (Lipinski definition) is 4. The van der Waals surface area contributed by atoms with Gasteiger partial charge in [0, 0.05) is 11.8 Å². The van der Waals surface area contributed by atoms with Gasteiger partial charge in [-0.3, -0.25) is 14.4 Å². The smallest absolute Gasteiger partial charge is 0.421 e. The predicted molar refractivity (Wildman–Crippen MR) is 126 cm³/mol. The summed E-state index contributed by atoms with van der Waals surface area (Å²) < 4.78 is 46.4. The summed E-state index contributed by atoms with van der Waals surface area (Å²) >= 11 is 0. The predicted octanol–water partition coefficient (Wildman–Crippen LogP) is 4.41. The molecular weight excluding hydrogens is 481 g/mol. The van der Waals surface area contributed by atoms with Gasteiger partial charge in [-0.1, -0.05) is 18.7 Å². The van der Waals surface area contributed by atoms with E-state index < -0.39 is 29.4 Å². The third-order valence-electron chi connectivity index (χ3n) is 4.62. The Morgan fingerprint density at radius 2 is 1.75 bits per heavy atom. The van der Waals surface area contributed by atoms with Gasteiger partial charge >= 0.3 is 6.18 Å². The molecule has 0 saturated heterocycles. The number of ether oxygens (including phenoxy) is 1. The zero-order valence-corrected chi connectivity index (χ0v) is 19.1. The molecule has 2 aromatic carbocycles. The molecule has 0 unspecified atom stereocenters. The molecule has 0 radical (unpaired) electrons. The van der Waals surface area contributed by atoms with Crippen molar-refractivity contribution in [2.24, 2.45) is 0 Å². The standard InChI is InChI=1S/C23H21F3N6O4/c1-4-19(33)28-15-7-5-6-8-16(15)29-20-14(23(24,25)26)12-27-22(31-20)30-17-11-13(21(34)32-36-3)9-10-18(17)35-2/h4-12H,1H2,2-3H3,(H,28,33)(H,32,34)(H2,27,29,30,31). The molecule has 0 aliphatic carbocycles. The fourth-order valence-electron chi connectivity index (χ4n) is 2.98. The van der Waals surface area contributed by atoms with Crippen molar-refractivity contribution in [1.82, 2.24) is 15.4 Å². The molecule has 0 saturated carbocycles. The van der Waals surface area contributed by atoms with Crippen molar-refractivity contribution in [3.8, 4) is 5.75 Å². The Morgan fingerprint density at radius 1 is 1.03 bits per heavy atom. The van der Waals surface area contributed by atoms with Gasteiger partial charge in [0.1, 0.15) is 17.1 Å². The molecule has 0 bridgehead atoms. The summed E-state index contributed by atoms with van der Waals surface area (Å²) in [7, 11) is 2.65. The largest absolute Gasteiger partial charge is 0.495 e. The molecule has 4 N–H and O–H groups in total. The molecule has 0 aliphatic heterocycles. The summed E-state index contributed by atoms with van der Waals surface area (Å²) in [4.78, 5) is 36.2. The van der Waals surface area contributed by atoms with E-state index in [2.05, 4.69) is 42.8 Å². The summed E-state index contributed by atoms with van der Waals surface area (Å²) in [5, 5.41) is 7.88. The van der Waals surface area contributed by atoms with Crippen LogP contribution in [0.25, 0.3) is 0 Å². The van der Waals surface area contributed by atoms with E-state index in [0.29, 0.717) is 6.20 Å². The molecule has 3 aromatic rings. The van der Waals surface area contributed by atoms with Crippen LogP contribution in [0, 0.1) is 0 Å². The van der Waals surface area contributed by atoms with Gasteiger partial charge in [-0.05, 0) is 36.4 Å². The highest BCUT2D eigenvalue weighted by atomic mass is 19.4. The second-order valence-corrected chi connectivity index (χ2v) is 6.99. The first kappa shape index (κ1) is 26.0. The lowest BCUT2D eigenvalue weighted by atomic mass is 10.1. The maximum absolute atomic E-state index is 13.7. The minimum atomic E-state index is -4.78. The van der Waals surface area contributed by atoms with Crippen molar-refractivity contribution in [2.45, 2.75) is 6.18 Å². The van der Waals surface area contributed by atoms with E-state index >= 15 is 0 Å². The topological polar surface area (TPSA) is 127 Å². The first-order chi connectivity index (χ1) is 17.2. The summed E-state index contributed by atoms with van der Waals surface area (Å²) in [5.41, 5.74) is 1.78. The van der Waals surface area contributed by atoms with E-state index in [0.717, 1.165) is 6.08 Å². The number of para-hydroxylation sites is 2. The van der Waals surface area contributed by atoms with Crippen LogP contribution < -0.4 is 26.2 Å². The number of nitrogens with one attached hydrogen (secondary N) is 4. The maximum atomic E-state index is 13.7. The van der Waals surface area contributed by atoms with Gasteiger partial charge in [0.2, 0.25) is 11.9 Å². The number of halogens is 3. The van der Waals surface area contributed by atoms with Gasteiger partial charge in [-0.25, -0.2) is 10.5 Å². The van der Waals surface area contributed by atoms with Crippen LogP contribution in [0.4, 0.5) is 42.0 Å². The van der Waals surface area contributed by atoms with E-state index in [4.69, 9.17) is 4.74 Å². The number of carbonyl (C=O) groups excluding carboxylic acids is 2. The van der Waals surface area contributed by atoms with Crippen LogP contribution in [0.5, 0.6) is 5.75 Å². The molecule has 2 amide bonds. The molecule has 13 heteroatoms. The number of nitrogens with zero attached hydrogens (tertiary/aromatic N) is 2. The SMILES string of the molecule is C=CC(=O)Nc1ccccc1Nc1nc(Nc2cc(C(=O)NOC)ccc2OC)ncc1C(F)(F)F. The number of anilines is 5. The molecule has 1 aromatic heterocycles. The summed E-state index contributed by atoms with van der Waals surface area (Å²) in [6.45, 7) is 3.36. The fourth-order valence-corrected chi connectivity index (χ4v) is 2.98. The Labute approximate surface area is 203 Å². The number of carbonyl (C=O) groups is 2. The van der Waals surface area contributed by atoms with Crippen molar-refractivity contribution in [2.75, 3.05) is 30.2 Å². The fraction of sp³-hybridized carbons (Fsp3) is 0.130. The number of rotatable bonds is 9. The first-order valence-corrected chi connectivity index (χ1v) is 10.2. The van der Waals surface area contributed by atoms with E-state index in [-0.39, 0.29) is 34.3 Å². The number of amides is 2. The molecule has 36 heavy (non-hydrogen) atoms. The molecule has 3 rings (SSSR count). The number of hydrogen-bond acceptors (Lipinski definition) is 8. The van der Waals surface area contributed by atoms with Crippen LogP contribution >= 0.6 is 0 Å². The molecule has 1 heterocycles. The van der Waals surface area contributed by atoms with Crippen LogP contribution in [0.3, 0.4) is 0 Å². The van der Waals surface area contributed by atoms with Crippen molar-refractivity contribution in [3.63, 3.8) is 0 Å². The number of aromatic nitrogens is 2. The van der Waals surface area contributed by atoms with Gasteiger partial charge in [0.15, 0.2) is 0 Å².